The lowest BCUT2D eigenvalue weighted by atomic mass is 10.2. The van der Waals surface area contributed by atoms with E-state index in [0.29, 0.717) is 0 Å². The maximum Gasteiger partial charge on any atom is -0.00248 e. The van der Waals surface area contributed by atoms with Gasteiger partial charge in [-0.05, 0) is 27.1 Å². The zero-order chi connectivity index (χ0) is 7.11. The van der Waals surface area contributed by atoms with Crippen molar-refractivity contribution < 1.29 is 0 Å². The van der Waals surface area contributed by atoms with Crippen LogP contribution in [0.4, 0.5) is 0 Å². The summed E-state index contributed by atoms with van der Waals surface area (Å²) in [5.74, 6) is 0. The van der Waals surface area contributed by atoms with Crippen LogP contribution < -0.4 is 0 Å². The Kier molecular flexibility index (Phi) is 12.3. The highest BCUT2D eigenvalue weighted by Gasteiger charge is 1.88. The molecule has 0 amide bonds. The summed E-state index contributed by atoms with van der Waals surface area (Å²) in [7, 11) is 4.26. The molecule has 0 unspecified atom stereocenters. The molecule has 1 nitrogen and oxygen atoms in total. The molecule has 0 rings (SSSR count). The average Bonchev–Trinajstić information content (AvgIpc) is 1.80. The Morgan fingerprint density at radius 2 is 1.60 bits per heavy atom. The lowest BCUT2D eigenvalue weighted by Crippen LogP contribution is -2.12. The van der Waals surface area contributed by atoms with Crippen LogP contribution in [0.5, 0.6) is 0 Å². The van der Waals surface area contributed by atoms with E-state index in [4.69, 9.17) is 0 Å². The number of rotatable bonds is 5. The van der Waals surface area contributed by atoms with Gasteiger partial charge >= 0.3 is 0 Å². The Hall–Kier alpha value is 0.440. The Morgan fingerprint density at radius 3 is 2.00 bits per heavy atom. The van der Waals surface area contributed by atoms with E-state index in [-0.39, 0.29) is 17.0 Å². The van der Waals surface area contributed by atoms with Crippen molar-refractivity contribution in [3.63, 3.8) is 0 Å². The van der Waals surface area contributed by atoms with Crippen molar-refractivity contribution in [1.82, 2.24) is 4.90 Å². The minimum absolute atomic E-state index is 0. The Bertz CT molecular complexity index is 55.2. The van der Waals surface area contributed by atoms with Crippen molar-refractivity contribution in [3.8, 4) is 0 Å². The third kappa shape index (κ3) is 11.3. The Balaban J connectivity index is 0. The van der Waals surface area contributed by atoms with E-state index in [0.717, 1.165) is 0 Å². The van der Waals surface area contributed by atoms with Crippen molar-refractivity contribution in [3.05, 3.63) is 0 Å². The zero-order valence-corrected chi connectivity index (χ0v) is 9.10. The molecule has 64 valence electrons. The second-order valence-corrected chi connectivity index (χ2v) is 2.86. The summed E-state index contributed by atoms with van der Waals surface area (Å²) in [4.78, 5) is 2.25. The molecule has 0 aromatic rings. The molecule has 0 aliphatic carbocycles. The van der Waals surface area contributed by atoms with E-state index in [1.165, 1.54) is 32.2 Å². The van der Waals surface area contributed by atoms with Gasteiger partial charge in [0, 0.05) is 0 Å². The van der Waals surface area contributed by atoms with Gasteiger partial charge in [0.1, 0.15) is 0 Å². The van der Waals surface area contributed by atoms with Gasteiger partial charge in [0.25, 0.3) is 0 Å². The summed E-state index contributed by atoms with van der Waals surface area (Å²) < 4.78 is 0. The molecule has 0 spiro atoms. The van der Waals surface area contributed by atoms with E-state index in [9.17, 15) is 0 Å². The van der Waals surface area contributed by atoms with Crippen LogP contribution in [0.3, 0.4) is 0 Å². The molecule has 0 heterocycles. The van der Waals surface area contributed by atoms with E-state index < -0.39 is 0 Å². The minimum atomic E-state index is 0. The molecule has 0 radical (unpaired) electrons. The van der Waals surface area contributed by atoms with Gasteiger partial charge in [-0.2, -0.15) is 0 Å². The van der Waals surface area contributed by atoms with Gasteiger partial charge in [-0.3, -0.25) is 0 Å². The molecule has 0 saturated heterocycles. The SMILES string of the molecule is Br.CCCCCCN(C)C. The van der Waals surface area contributed by atoms with E-state index in [1.54, 1.807) is 0 Å². The highest BCUT2D eigenvalue weighted by atomic mass is 79.9. The molecule has 10 heavy (non-hydrogen) atoms. The van der Waals surface area contributed by atoms with Crippen LogP contribution in [0.15, 0.2) is 0 Å². The van der Waals surface area contributed by atoms with Gasteiger partial charge < -0.3 is 4.90 Å². The standard InChI is InChI=1S/C8H19N.BrH/c1-4-5-6-7-8-9(2)3;/h4-8H2,1-3H3;1H. The largest absolute Gasteiger partial charge is 0.309 e. The molecule has 0 bridgehead atoms. The molecular weight excluding hydrogens is 190 g/mol. The van der Waals surface area contributed by atoms with E-state index in [2.05, 4.69) is 25.9 Å². The summed E-state index contributed by atoms with van der Waals surface area (Å²) in [5, 5.41) is 0. The van der Waals surface area contributed by atoms with E-state index >= 15 is 0 Å². The fourth-order valence-corrected chi connectivity index (χ4v) is 0.855. The summed E-state index contributed by atoms with van der Waals surface area (Å²) in [6.07, 6.45) is 5.50. The average molecular weight is 210 g/mol. The second-order valence-electron chi connectivity index (χ2n) is 2.86. The molecule has 0 fully saturated rings. The number of hydrogen-bond donors (Lipinski definition) is 0. The summed E-state index contributed by atoms with van der Waals surface area (Å²) in [6.45, 7) is 3.50. The highest BCUT2D eigenvalue weighted by molar-refractivity contribution is 8.93. The molecule has 0 aromatic heterocycles. The first kappa shape index (κ1) is 13.1. The van der Waals surface area contributed by atoms with Crippen molar-refractivity contribution in [2.45, 2.75) is 32.6 Å². The summed E-state index contributed by atoms with van der Waals surface area (Å²) in [6, 6.07) is 0. The van der Waals surface area contributed by atoms with Gasteiger partial charge in [-0.1, -0.05) is 26.2 Å². The van der Waals surface area contributed by atoms with Crippen molar-refractivity contribution in [2.24, 2.45) is 0 Å². The fourth-order valence-electron chi connectivity index (χ4n) is 0.855. The normalized spacial score (nSPS) is 9.60. The van der Waals surface area contributed by atoms with Gasteiger partial charge in [0.15, 0.2) is 0 Å². The van der Waals surface area contributed by atoms with Crippen molar-refractivity contribution in [2.75, 3.05) is 20.6 Å². The third-order valence-electron chi connectivity index (χ3n) is 1.46. The monoisotopic (exact) mass is 209 g/mol. The first-order valence-electron chi connectivity index (χ1n) is 3.92. The number of halogens is 1. The van der Waals surface area contributed by atoms with Crippen molar-refractivity contribution in [1.29, 1.82) is 0 Å². The topological polar surface area (TPSA) is 3.24 Å². The molecule has 2 heteroatoms. The van der Waals surface area contributed by atoms with Crippen LogP contribution >= 0.6 is 17.0 Å². The van der Waals surface area contributed by atoms with E-state index in [1.807, 2.05) is 0 Å². The van der Waals surface area contributed by atoms with Crippen LogP contribution in [0.25, 0.3) is 0 Å². The van der Waals surface area contributed by atoms with Gasteiger partial charge in [0.2, 0.25) is 0 Å². The van der Waals surface area contributed by atoms with Gasteiger partial charge in [-0.15, -0.1) is 17.0 Å². The number of nitrogens with zero attached hydrogens (tertiary/aromatic N) is 1. The quantitative estimate of drug-likeness (QED) is 0.630. The van der Waals surface area contributed by atoms with Crippen molar-refractivity contribution >= 4 is 17.0 Å². The molecule has 0 N–H and O–H groups in total. The number of unbranched alkanes of at least 4 members (excludes halogenated alkanes) is 3. The predicted molar refractivity (Wildman–Crippen MR) is 53.0 cm³/mol. The lowest BCUT2D eigenvalue weighted by molar-refractivity contribution is 0.391. The first-order valence-corrected chi connectivity index (χ1v) is 3.92. The first-order chi connectivity index (χ1) is 4.27. The smallest absolute Gasteiger partial charge is 0.00248 e. The van der Waals surface area contributed by atoms with Crippen LogP contribution in [-0.2, 0) is 0 Å². The molecular formula is C8H20BrN. The molecule has 0 atom stereocenters. The van der Waals surface area contributed by atoms with Gasteiger partial charge in [-0.25, -0.2) is 0 Å². The van der Waals surface area contributed by atoms with Crippen LogP contribution in [0, 0.1) is 0 Å². The Labute approximate surface area is 75.6 Å². The molecule has 0 aliphatic rings. The molecule has 0 saturated carbocycles. The summed E-state index contributed by atoms with van der Waals surface area (Å²) in [5.41, 5.74) is 0. The van der Waals surface area contributed by atoms with Crippen LogP contribution in [-0.4, -0.2) is 25.5 Å². The van der Waals surface area contributed by atoms with Gasteiger partial charge in [0.05, 0.1) is 0 Å². The maximum absolute atomic E-state index is 2.25. The molecule has 0 aromatic carbocycles. The zero-order valence-electron chi connectivity index (χ0n) is 7.39. The minimum Gasteiger partial charge on any atom is -0.309 e. The summed E-state index contributed by atoms with van der Waals surface area (Å²) >= 11 is 0. The maximum atomic E-state index is 2.25. The highest BCUT2D eigenvalue weighted by Crippen LogP contribution is 1.98. The lowest BCUT2D eigenvalue weighted by Gasteiger charge is -2.07. The molecule has 0 aliphatic heterocycles. The predicted octanol–water partition coefficient (Wildman–Crippen LogP) is 2.71. The van der Waals surface area contributed by atoms with Crippen LogP contribution in [0.1, 0.15) is 32.6 Å². The second kappa shape index (κ2) is 9.44. The fraction of sp³-hybridized carbons (Fsp3) is 1.00. The Morgan fingerprint density at radius 1 is 1.00 bits per heavy atom. The van der Waals surface area contributed by atoms with Crippen LogP contribution in [0.2, 0.25) is 0 Å². The number of hydrogen-bond acceptors (Lipinski definition) is 1. The third-order valence-corrected chi connectivity index (χ3v) is 1.46.